The van der Waals surface area contributed by atoms with Gasteiger partial charge < -0.3 is 14.8 Å². The Kier molecular flexibility index (Phi) is 6.66. The van der Waals surface area contributed by atoms with Gasteiger partial charge in [-0.15, -0.1) is 5.10 Å². The largest absolute Gasteiger partial charge is 0.497 e. The number of amides is 1. The van der Waals surface area contributed by atoms with Crippen LogP contribution in [0.4, 0.5) is 11.9 Å². The van der Waals surface area contributed by atoms with E-state index in [4.69, 9.17) is 9.47 Å². The number of carbonyl (C=O) groups is 1. The fraction of sp³-hybridized carbons (Fsp3) is 0.179. The Morgan fingerprint density at radius 3 is 2.47 bits per heavy atom. The summed E-state index contributed by atoms with van der Waals surface area (Å²) in [5.74, 6) is 2.01. The number of methoxy groups -OCH3 is 2. The highest BCUT2D eigenvalue weighted by molar-refractivity contribution is 6.01. The molecular weight excluding hydrogens is 454 g/mol. The Balaban J connectivity index is 1.39. The summed E-state index contributed by atoms with van der Waals surface area (Å²) in [6.07, 6.45) is 3.92. The monoisotopic (exact) mass is 481 g/mol. The molecule has 1 aromatic heterocycles. The zero-order valence-electron chi connectivity index (χ0n) is 20.1. The number of rotatable bonds is 7. The highest BCUT2D eigenvalue weighted by Crippen LogP contribution is 2.38. The molecule has 36 heavy (non-hydrogen) atoms. The summed E-state index contributed by atoms with van der Waals surface area (Å²) in [4.78, 5) is 17.2. The van der Waals surface area contributed by atoms with E-state index < -0.39 is 0 Å². The third-order valence-electron chi connectivity index (χ3n) is 6.18. The Morgan fingerprint density at radius 2 is 1.72 bits per heavy atom. The molecule has 0 saturated carbocycles. The molecule has 0 spiro atoms. The van der Waals surface area contributed by atoms with E-state index in [-0.39, 0.29) is 23.9 Å². The summed E-state index contributed by atoms with van der Waals surface area (Å²) in [6, 6.07) is 25.7. The zero-order chi connectivity index (χ0) is 24.9. The first-order valence-corrected chi connectivity index (χ1v) is 11.7. The van der Waals surface area contributed by atoms with E-state index in [1.54, 1.807) is 20.3 Å². The smallest absolute Gasteiger partial charge is 0.250 e. The summed E-state index contributed by atoms with van der Waals surface area (Å²) in [6.45, 7) is 0. The quantitative estimate of drug-likeness (QED) is 0.357. The topological polar surface area (TPSA) is 90.3 Å². The molecule has 2 heterocycles. The van der Waals surface area contributed by atoms with Crippen molar-refractivity contribution in [2.45, 2.75) is 18.5 Å². The Hall–Kier alpha value is -4.59. The number of hydrogen-bond donors (Lipinski definition) is 2. The van der Waals surface area contributed by atoms with Gasteiger partial charge >= 0.3 is 0 Å². The van der Waals surface area contributed by atoms with Crippen molar-refractivity contribution in [1.82, 2.24) is 14.8 Å². The number of ether oxygens (including phenoxy) is 2. The number of nitrogens with one attached hydrogen (secondary N) is 2. The molecular formula is C28H27N5O3. The van der Waals surface area contributed by atoms with E-state index in [2.05, 4.69) is 45.0 Å². The van der Waals surface area contributed by atoms with Crippen molar-refractivity contribution in [1.29, 1.82) is 0 Å². The van der Waals surface area contributed by atoms with Crippen molar-refractivity contribution in [3.63, 3.8) is 0 Å². The van der Waals surface area contributed by atoms with Crippen LogP contribution in [0.25, 0.3) is 6.08 Å². The highest BCUT2D eigenvalue weighted by atomic mass is 16.5. The summed E-state index contributed by atoms with van der Waals surface area (Å²) in [5.41, 5.74) is 3.05. The van der Waals surface area contributed by atoms with Gasteiger partial charge in [-0.2, -0.15) is 4.98 Å². The molecule has 2 atom stereocenters. The fourth-order valence-corrected chi connectivity index (χ4v) is 4.36. The fourth-order valence-electron chi connectivity index (χ4n) is 4.36. The second-order valence-corrected chi connectivity index (χ2v) is 8.40. The van der Waals surface area contributed by atoms with Crippen molar-refractivity contribution < 1.29 is 14.3 Å². The summed E-state index contributed by atoms with van der Waals surface area (Å²) >= 11 is 0. The number of anilines is 2. The molecule has 182 valence electrons. The number of nitrogens with zero attached hydrogens (tertiary/aromatic N) is 3. The van der Waals surface area contributed by atoms with Gasteiger partial charge in [0.15, 0.2) is 0 Å². The van der Waals surface area contributed by atoms with E-state index in [9.17, 15) is 4.79 Å². The van der Waals surface area contributed by atoms with Gasteiger partial charge in [-0.1, -0.05) is 60.7 Å². The Labute approximate surface area is 209 Å². The van der Waals surface area contributed by atoms with Gasteiger partial charge in [0.2, 0.25) is 5.95 Å². The standard InChI is InChI=1S/C28H27N5O3/c1-35-22-15-12-19(13-16-22)23-18-24(20-8-4-3-5-9-20)33-28(29-23)31-27(32-33)30-26(34)17-14-21-10-6-7-11-25(21)36-2/h3-17,23-24H,18H2,1-2H3,(H2,29,30,31,32,34)/b17-14+/t23-,24-/m1/s1. The molecule has 2 N–H and O–H groups in total. The van der Waals surface area contributed by atoms with Crippen LogP contribution in [0.2, 0.25) is 0 Å². The van der Waals surface area contributed by atoms with Gasteiger partial charge in [-0.05, 0) is 41.8 Å². The number of fused-ring (bicyclic) bond motifs is 1. The van der Waals surface area contributed by atoms with Crippen LogP contribution in [0.3, 0.4) is 0 Å². The average Bonchev–Trinajstić information content (AvgIpc) is 3.34. The van der Waals surface area contributed by atoms with E-state index in [1.165, 1.54) is 6.08 Å². The molecule has 8 heteroatoms. The minimum Gasteiger partial charge on any atom is -0.497 e. The van der Waals surface area contributed by atoms with Crippen LogP contribution in [0.15, 0.2) is 84.9 Å². The molecule has 1 amide bonds. The van der Waals surface area contributed by atoms with E-state index in [1.807, 2.05) is 59.3 Å². The predicted molar refractivity (Wildman–Crippen MR) is 139 cm³/mol. The summed E-state index contributed by atoms with van der Waals surface area (Å²) < 4.78 is 12.5. The van der Waals surface area contributed by atoms with Crippen molar-refractivity contribution in [2.75, 3.05) is 24.9 Å². The zero-order valence-corrected chi connectivity index (χ0v) is 20.1. The van der Waals surface area contributed by atoms with Crippen LogP contribution >= 0.6 is 0 Å². The van der Waals surface area contributed by atoms with Crippen LogP contribution < -0.4 is 20.1 Å². The molecule has 0 aliphatic carbocycles. The lowest BCUT2D eigenvalue weighted by atomic mass is 9.93. The second-order valence-electron chi connectivity index (χ2n) is 8.40. The van der Waals surface area contributed by atoms with Crippen LogP contribution in [0, 0.1) is 0 Å². The van der Waals surface area contributed by atoms with Gasteiger partial charge in [0, 0.05) is 11.6 Å². The van der Waals surface area contributed by atoms with E-state index >= 15 is 0 Å². The van der Waals surface area contributed by atoms with Gasteiger partial charge in [0.05, 0.1) is 26.3 Å². The van der Waals surface area contributed by atoms with E-state index in [0.717, 1.165) is 28.9 Å². The highest BCUT2D eigenvalue weighted by Gasteiger charge is 2.31. The Morgan fingerprint density at radius 1 is 0.972 bits per heavy atom. The first-order valence-electron chi connectivity index (χ1n) is 11.7. The minimum atomic E-state index is -0.327. The first-order chi connectivity index (χ1) is 17.6. The van der Waals surface area contributed by atoms with Gasteiger partial charge in [0.1, 0.15) is 11.5 Å². The number of benzene rings is 3. The molecule has 1 aliphatic rings. The maximum Gasteiger partial charge on any atom is 0.250 e. The maximum atomic E-state index is 12.6. The van der Waals surface area contributed by atoms with Crippen molar-refractivity contribution in [3.8, 4) is 11.5 Å². The molecule has 3 aromatic carbocycles. The van der Waals surface area contributed by atoms with Crippen molar-refractivity contribution in [3.05, 3.63) is 102 Å². The van der Waals surface area contributed by atoms with Gasteiger partial charge in [0.25, 0.3) is 11.9 Å². The molecule has 8 nitrogen and oxygen atoms in total. The number of para-hydroxylation sites is 1. The van der Waals surface area contributed by atoms with Crippen LogP contribution in [0.5, 0.6) is 11.5 Å². The molecule has 0 unspecified atom stereocenters. The van der Waals surface area contributed by atoms with Gasteiger partial charge in [-0.25, -0.2) is 4.68 Å². The molecule has 4 aromatic rings. The molecule has 0 bridgehead atoms. The molecule has 5 rings (SSSR count). The molecule has 0 saturated heterocycles. The van der Waals surface area contributed by atoms with Crippen molar-refractivity contribution >= 4 is 23.9 Å². The minimum absolute atomic E-state index is 0.0202. The second kappa shape index (κ2) is 10.4. The van der Waals surface area contributed by atoms with Crippen LogP contribution in [-0.2, 0) is 4.79 Å². The first kappa shape index (κ1) is 23.2. The molecule has 0 fully saturated rings. The number of hydrogen-bond acceptors (Lipinski definition) is 6. The third-order valence-corrected chi connectivity index (χ3v) is 6.18. The summed E-state index contributed by atoms with van der Waals surface area (Å²) in [5, 5.41) is 10.9. The van der Waals surface area contributed by atoms with Gasteiger partial charge in [-0.3, -0.25) is 10.1 Å². The van der Waals surface area contributed by atoms with Crippen molar-refractivity contribution in [2.24, 2.45) is 0 Å². The lowest BCUT2D eigenvalue weighted by Gasteiger charge is -2.31. The SMILES string of the molecule is COc1ccc([C@H]2C[C@H](c3ccccc3)n3nc(NC(=O)/C=C/c4ccccc4OC)nc3N2)cc1. The lowest BCUT2D eigenvalue weighted by molar-refractivity contribution is -0.111. The Bertz CT molecular complexity index is 1370. The predicted octanol–water partition coefficient (Wildman–Crippen LogP) is 5.09. The number of aromatic nitrogens is 3. The summed E-state index contributed by atoms with van der Waals surface area (Å²) in [7, 11) is 3.25. The molecule has 1 aliphatic heterocycles. The average molecular weight is 482 g/mol. The maximum absolute atomic E-state index is 12.6. The normalized spacial score (nSPS) is 16.7. The number of carbonyl (C=O) groups excluding carboxylic acids is 1. The lowest BCUT2D eigenvalue weighted by Crippen LogP contribution is -2.28. The van der Waals surface area contributed by atoms with E-state index in [0.29, 0.717) is 11.7 Å². The van der Waals surface area contributed by atoms with Crippen LogP contribution in [-0.4, -0.2) is 34.9 Å². The van der Waals surface area contributed by atoms with Crippen LogP contribution in [0.1, 0.15) is 35.2 Å². The third kappa shape index (κ3) is 4.93. The molecule has 0 radical (unpaired) electrons.